The molecule has 0 radical (unpaired) electrons. The zero-order chi connectivity index (χ0) is 20.4. The Kier molecular flexibility index (Phi) is 5.88. The van der Waals surface area contributed by atoms with Gasteiger partial charge in [-0.1, -0.05) is 23.9 Å². The molecule has 0 bridgehead atoms. The number of aromatic nitrogens is 4. The molecule has 3 aromatic rings. The van der Waals surface area contributed by atoms with Crippen molar-refractivity contribution >= 4 is 34.4 Å². The lowest BCUT2D eigenvalue weighted by molar-refractivity contribution is -0.115. The highest BCUT2D eigenvalue weighted by molar-refractivity contribution is 8.00. The average Bonchev–Trinajstić information content (AvgIpc) is 3.10. The van der Waals surface area contributed by atoms with E-state index in [1.54, 1.807) is 27.6 Å². The lowest BCUT2D eigenvalue weighted by Gasteiger charge is -2.19. The molecule has 8 heteroatoms. The van der Waals surface area contributed by atoms with Crippen LogP contribution in [0.1, 0.15) is 46.7 Å². The zero-order valence-corrected chi connectivity index (χ0v) is 17.5. The summed E-state index contributed by atoms with van der Waals surface area (Å²) in [6.45, 7) is 9.69. The third-order valence-corrected chi connectivity index (χ3v) is 5.42. The quantitative estimate of drug-likeness (QED) is 0.503. The fourth-order valence-electron chi connectivity index (χ4n) is 2.93. The van der Waals surface area contributed by atoms with Crippen molar-refractivity contribution in [1.82, 2.24) is 19.3 Å². The molecular formula is C20H25N5O2S. The molecular weight excluding hydrogens is 374 g/mol. The molecule has 0 unspecified atom stereocenters. The van der Waals surface area contributed by atoms with Crippen LogP contribution >= 0.6 is 11.8 Å². The van der Waals surface area contributed by atoms with E-state index >= 15 is 0 Å². The van der Waals surface area contributed by atoms with Crippen molar-refractivity contribution < 1.29 is 4.79 Å². The van der Waals surface area contributed by atoms with Crippen molar-refractivity contribution in [2.24, 2.45) is 0 Å². The number of amides is 1. The summed E-state index contributed by atoms with van der Waals surface area (Å²) in [6, 6.07) is 9.13. The van der Waals surface area contributed by atoms with Crippen LogP contribution in [-0.4, -0.2) is 30.5 Å². The normalized spacial score (nSPS) is 12.7. The molecule has 2 heterocycles. The summed E-state index contributed by atoms with van der Waals surface area (Å²) < 4.78 is 3.41. The van der Waals surface area contributed by atoms with Gasteiger partial charge in [-0.25, -0.2) is 9.67 Å². The predicted molar refractivity (Wildman–Crippen MR) is 113 cm³/mol. The van der Waals surface area contributed by atoms with E-state index in [0.29, 0.717) is 21.9 Å². The van der Waals surface area contributed by atoms with Gasteiger partial charge in [0.05, 0.1) is 22.3 Å². The molecule has 0 saturated heterocycles. The molecule has 1 atom stereocenters. The van der Waals surface area contributed by atoms with Crippen LogP contribution in [0.3, 0.4) is 0 Å². The van der Waals surface area contributed by atoms with E-state index in [9.17, 15) is 9.59 Å². The fourth-order valence-corrected chi connectivity index (χ4v) is 3.97. The first-order valence-electron chi connectivity index (χ1n) is 9.32. The van der Waals surface area contributed by atoms with Crippen LogP contribution in [-0.2, 0) is 4.79 Å². The predicted octanol–water partition coefficient (Wildman–Crippen LogP) is 3.87. The molecule has 0 aliphatic rings. The van der Waals surface area contributed by atoms with E-state index < -0.39 is 5.25 Å². The number of nitrogens with zero attached hydrogens (tertiary/aromatic N) is 4. The first-order valence-corrected chi connectivity index (χ1v) is 10.2. The van der Waals surface area contributed by atoms with Gasteiger partial charge in [-0.2, -0.15) is 5.10 Å². The van der Waals surface area contributed by atoms with Gasteiger partial charge in [0.25, 0.3) is 5.56 Å². The summed E-state index contributed by atoms with van der Waals surface area (Å²) in [7, 11) is 0. The first kappa shape index (κ1) is 20.1. The average molecular weight is 400 g/mol. The molecule has 2 aromatic heterocycles. The summed E-state index contributed by atoms with van der Waals surface area (Å²) >= 11 is 1.28. The molecule has 3 rings (SSSR count). The largest absolute Gasteiger partial charge is 0.310 e. The van der Waals surface area contributed by atoms with Gasteiger partial charge in [-0.3, -0.25) is 14.2 Å². The molecule has 1 N–H and O–H groups in total. The van der Waals surface area contributed by atoms with E-state index in [2.05, 4.69) is 15.4 Å². The molecule has 7 nitrogen and oxygen atoms in total. The van der Waals surface area contributed by atoms with Crippen molar-refractivity contribution in [2.45, 2.75) is 57.1 Å². The van der Waals surface area contributed by atoms with E-state index in [1.165, 1.54) is 11.8 Å². The van der Waals surface area contributed by atoms with Crippen LogP contribution in [0.5, 0.6) is 0 Å². The van der Waals surface area contributed by atoms with E-state index in [4.69, 9.17) is 0 Å². The Balaban J connectivity index is 1.89. The monoisotopic (exact) mass is 399 g/mol. The Morgan fingerprint density at radius 2 is 1.79 bits per heavy atom. The lowest BCUT2D eigenvalue weighted by Crippen LogP contribution is -2.28. The molecule has 0 fully saturated rings. The van der Waals surface area contributed by atoms with Gasteiger partial charge >= 0.3 is 0 Å². The van der Waals surface area contributed by atoms with Gasteiger partial charge in [-0.15, -0.1) is 0 Å². The number of para-hydroxylation sites is 1. The molecule has 0 spiro atoms. The number of anilines is 1. The first-order chi connectivity index (χ1) is 13.3. The number of fused-ring (bicyclic) bond motifs is 1. The number of rotatable bonds is 6. The molecule has 1 aromatic carbocycles. The van der Waals surface area contributed by atoms with Gasteiger partial charge in [0.15, 0.2) is 5.16 Å². The maximum absolute atomic E-state index is 12.9. The van der Waals surface area contributed by atoms with Crippen molar-refractivity contribution in [3.8, 4) is 0 Å². The smallest absolute Gasteiger partial charge is 0.262 e. The highest BCUT2D eigenvalue weighted by Crippen LogP contribution is 2.26. The zero-order valence-electron chi connectivity index (χ0n) is 16.7. The van der Waals surface area contributed by atoms with Crippen LogP contribution in [0.4, 0.5) is 5.82 Å². The van der Waals surface area contributed by atoms with Crippen molar-refractivity contribution in [3.63, 3.8) is 0 Å². The van der Waals surface area contributed by atoms with E-state index in [1.807, 2.05) is 52.8 Å². The minimum Gasteiger partial charge on any atom is -0.310 e. The van der Waals surface area contributed by atoms with Gasteiger partial charge in [0.2, 0.25) is 5.91 Å². The fraction of sp³-hybridized carbons (Fsp3) is 0.400. The number of hydrogen-bond donors (Lipinski definition) is 1. The minimum atomic E-state index is -0.437. The Morgan fingerprint density at radius 1 is 1.07 bits per heavy atom. The van der Waals surface area contributed by atoms with Crippen LogP contribution in [0.25, 0.3) is 10.9 Å². The Hall–Kier alpha value is -2.61. The number of thioether (sulfide) groups is 1. The maximum atomic E-state index is 12.9. The molecule has 0 aliphatic heterocycles. The lowest BCUT2D eigenvalue weighted by atomic mass is 10.2. The topological polar surface area (TPSA) is 81.8 Å². The third-order valence-electron chi connectivity index (χ3n) is 4.35. The summed E-state index contributed by atoms with van der Waals surface area (Å²) in [5.41, 5.74) is 0.547. The van der Waals surface area contributed by atoms with Gasteiger partial charge < -0.3 is 5.32 Å². The number of carbonyl (C=O) groups is 1. The van der Waals surface area contributed by atoms with Crippen LogP contribution in [0, 0.1) is 0 Å². The summed E-state index contributed by atoms with van der Waals surface area (Å²) in [6.07, 6.45) is 1.66. The molecule has 0 saturated carbocycles. The van der Waals surface area contributed by atoms with Crippen LogP contribution in [0.15, 0.2) is 46.5 Å². The number of benzene rings is 1. The number of nitrogens with one attached hydrogen (secondary N) is 1. The molecule has 0 aliphatic carbocycles. The van der Waals surface area contributed by atoms with E-state index in [0.717, 1.165) is 0 Å². The number of carbonyl (C=O) groups excluding carboxylic acids is 1. The molecule has 1 amide bonds. The van der Waals surface area contributed by atoms with Crippen molar-refractivity contribution in [2.75, 3.05) is 5.32 Å². The second kappa shape index (κ2) is 8.18. The Labute approximate surface area is 168 Å². The van der Waals surface area contributed by atoms with Gasteiger partial charge in [0.1, 0.15) is 5.82 Å². The van der Waals surface area contributed by atoms with Crippen molar-refractivity contribution in [1.29, 1.82) is 0 Å². The standard InChI is InChI=1S/C20H25N5O2S/c1-12(2)24-19(27)15-8-6-7-9-16(15)22-20(24)28-14(5)18(26)23-17-10-11-21-25(17)13(3)4/h6-14H,1-5H3,(H,23,26)/t14-/m1/s1. The van der Waals surface area contributed by atoms with Gasteiger partial charge in [-0.05, 0) is 46.8 Å². The summed E-state index contributed by atoms with van der Waals surface area (Å²) in [4.78, 5) is 30.3. The minimum absolute atomic E-state index is 0.0651. The highest BCUT2D eigenvalue weighted by atomic mass is 32.2. The SMILES string of the molecule is CC(C)n1nccc1NC(=O)[C@@H](C)Sc1nc2ccccc2c(=O)n1C(C)C. The second-order valence-electron chi connectivity index (χ2n) is 7.18. The molecule has 148 valence electrons. The number of hydrogen-bond acceptors (Lipinski definition) is 5. The van der Waals surface area contributed by atoms with Crippen LogP contribution < -0.4 is 10.9 Å². The Morgan fingerprint density at radius 3 is 2.46 bits per heavy atom. The summed E-state index contributed by atoms with van der Waals surface area (Å²) in [5.74, 6) is 0.491. The highest BCUT2D eigenvalue weighted by Gasteiger charge is 2.21. The van der Waals surface area contributed by atoms with E-state index in [-0.39, 0.29) is 23.6 Å². The van der Waals surface area contributed by atoms with Crippen LogP contribution in [0.2, 0.25) is 0 Å². The second-order valence-corrected chi connectivity index (χ2v) is 8.49. The summed E-state index contributed by atoms with van der Waals surface area (Å²) in [5, 5.41) is 7.84. The van der Waals surface area contributed by atoms with Gasteiger partial charge in [0, 0.05) is 18.2 Å². The van der Waals surface area contributed by atoms with Crippen molar-refractivity contribution in [3.05, 3.63) is 46.9 Å². The maximum Gasteiger partial charge on any atom is 0.262 e. The Bertz CT molecular complexity index is 1050. The molecule has 28 heavy (non-hydrogen) atoms. The third kappa shape index (κ3) is 3.96.